The van der Waals surface area contributed by atoms with Gasteiger partial charge in [-0.2, -0.15) is 0 Å². The summed E-state index contributed by atoms with van der Waals surface area (Å²) in [6, 6.07) is 0. The van der Waals surface area contributed by atoms with Crippen molar-refractivity contribution >= 4 is 91.2 Å². The third-order valence-electron chi connectivity index (χ3n) is 3.82. The Bertz CT molecular complexity index is 784. The van der Waals surface area contributed by atoms with Crippen molar-refractivity contribution in [3.05, 3.63) is 21.8 Å². The Kier molecular flexibility index (Phi) is 12.3. The van der Waals surface area contributed by atoms with Crippen molar-refractivity contribution in [2.45, 2.75) is 25.2 Å². The molecule has 0 saturated carbocycles. The van der Waals surface area contributed by atoms with Crippen LogP contribution >= 0.6 is 67.8 Å². The van der Waals surface area contributed by atoms with Gasteiger partial charge in [-0.25, -0.2) is 0 Å². The second kappa shape index (κ2) is 13.4. The summed E-state index contributed by atoms with van der Waals surface area (Å²) < 4.78 is 0.833. The predicted octanol–water partition coefficient (Wildman–Crippen LogP) is -1.01. The molecule has 0 aliphatic rings. The molecule has 0 aromatic heterocycles. The van der Waals surface area contributed by atoms with Crippen LogP contribution in [0.5, 0.6) is 0 Å². The number of halogens is 3. The number of hydrogen-bond donors (Lipinski definition) is 8. The van der Waals surface area contributed by atoms with Gasteiger partial charge in [-0.15, -0.1) is 0 Å². The summed E-state index contributed by atoms with van der Waals surface area (Å²) in [6.45, 7) is -0.342. The van der Waals surface area contributed by atoms with Crippen molar-refractivity contribution < 1.29 is 39.9 Å². The van der Waals surface area contributed by atoms with Crippen molar-refractivity contribution in [1.82, 2.24) is 10.6 Å². The zero-order chi connectivity index (χ0) is 23.9. The van der Waals surface area contributed by atoms with E-state index in [0.29, 0.717) is 7.14 Å². The number of nitrogens with one attached hydrogen (secondary N) is 3. The quantitative estimate of drug-likeness (QED) is 0.139. The van der Waals surface area contributed by atoms with Crippen molar-refractivity contribution in [3.63, 3.8) is 0 Å². The minimum absolute atomic E-state index is 0.0421. The zero-order valence-corrected chi connectivity index (χ0v) is 22.6. The van der Waals surface area contributed by atoms with Crippen molar-refractivity contribution in [1.29, 1.82) is 0 Å². The minimum Gasteiger partial charge on any atom is -0.394 e. The fraction of sp³-hybridized carbons (Fsp3) is 0.471. The van der Waals surface area contributed by atoms with Gasteiger partial charge in [0.2, 0.25) is 0 Å². The van der Waals surface area contributed by atoms with Crippen LogP contribution in [0, 0.1) is 10.7 Å². The number of hydrogen-bond acceptors (Lipinski definition) is 8. The molecule has 11 nitrogen and oxygen atoms in total. The molecule has 1 aromatic carbocycles. The van der Waals surface area contributed by atoms with Crippen molar-refractivity contribution in [2.24, 2.45) is 0 Å². The Hall–Kier alpha value is -0.380. The Morgan fingerprint density at radius 3 is 1.52 bits per heavy atom. The average Bonchev–Trinajstić information content (AvgIpc) is 2.72. The van der Waals surface area contributed by atoms with Gasteiger partial charge in [-0.3, -0.25) is 14.4 Å². The maximum absolute atomic E-state index is 12.8. The van der Waals surface area contributed by atoms with Crippen molar-refractivity contribution in [3.8, 4) is 0 Å². The molecule has 0 fully saturated rings. The van der Waals surface area contributed by atoms with Crippen LogP contribution in [-0.4, -0.2) is 87.9 Å². The molecule has 0 saturated heterocycles. The molecular formula is C17H22I3N3O8. The van der Waals surface area contributed by atoms with Gasteiger partial charge in [0.1, 0.15) is 6.10 Å². The molecule has 14 heteroatoms. The van der Waals surface area contributed by atoms with Crippen LogP contribution in [0.2, 0.25) is 0 Å². The molecule has 0 aliphatic carbocycles. The maximum atomic E-state index is 12.8. The van der Waals surface area contributed by atoms with Gasteiger partial charge in [0, 0.05) is 16.7 Å². The molecule has 3 amide bonds. The number of aliphatic hydroxyl groups excluding tert-OH is 5. The lowest BCUT2D eigenvalue weighted by Gasteiger charge is -2.20. The van der Waals surface area contributed by atoms with Gasteiger partial charge in [-0.05, 0) is 74.7 Å². The molecule has 0 bridgehead atoms. The van der Waals surface area contributed by atoms with Gasteiger partial charge in [0.15, 0.2) is 0 Å². The number of rotatable bonds is 10. The lowest BCUT2D eigenvalue weighted by molar-refractivity contribution is -0.123. The average molecular weight is 777 g/mol. The molecule has 31 heavy (non-hydrogen) atoms. The molecule has 174 valence electrons. The Morgan fingerprint density at radius 1 is 0.806 bits per heavy atom. The highest BCUT2D eigenvalue weighted by atomic mass is 127. The van der Waals surface area contributed by atoms with Crippen molar-refractivity contribution in [2.75, 3.05) is 31.6 Å². The Labute approximate surface area is 218 Å². The molecule has 3 atom stereocenters. The first-order valence-corrected chi connectivity index (χ1v) is 12.0. The van der Waals surface area contributed by atoms with E-state index in [1.165, 1.54) is 6.92 Å². The van der Waals surface area contributed by atoms with Crippen LogP contribution in [0.1, 0.15) is 27.6 Å². The summed E-state index contributed by atoms with van der Waals surface area (Å²) in [5, 5.41) is 53.8. The van der Waals surface area contributed by atoms with E-state index in [-0.39, 0.29) is 33.5 Å². The van der Waals surface area contributed by atoms with E-state index in [1.54, 1.807) is 22.6 Å². The van der Waals surface area contributed by atoms with E-state index in [9.17, 15) is 29.7 Å². The number of amides is 3. The van der Waals surface area contributed by atoms with Gasteiger partial charge >= 0.3 is 0 Å². The summed E-state index contributed by atoms with van der Waals surface area (Å²) in [5.41, 5.74) is 0.217. The highest BCUT2D eigenvalue weighted by molar-refractivity contribution is 14.1. The number of aliphatic hydroxyl groups is 5. The van der Waals surface area contributed by atoms with E-state index >= 15 is 0 Å². The summed E-state index contributed by atoms with van der Waals surface area (Å²) in [5.74, 6) is -2.06. The molecule has 1 aromatic rings. The zero-order valence-electron chi connectivity index (χ0n) is 16.2. The smallest absolute Gasteiger partial charge is 0.253 e. The van der Waals surface area contributed by atoms with Crippen LogP contribution in [0.15, 0.2) is 0 Å². The number of carbonyl (C=O) groups is 3. The first kappa shape index (κ1) is 28.7. The van der Waals surface area contributed by atoms with Gasteiger partial charge in [-0.1, -0.05) is 0 Å². The van der Waals surface area contributed by atoms with E-state index in [4.69, 9.17) is 10.2 Å². The minimum atomic E-state index is -1.35. The largest absolute Gasteiger partial charge is 0.394 e. The van der Waals surface area contributed by atoms with E-state index in [0.717, 1.165) is 0 Å². The SMILES string of the molecule is CC(O)C(=O)Nc1c(I)c(C(=O)NCC(O)CO)c(I)c(C(=O)NCC(O)CO)c1I. The predicted molar refractivity (Wildman–Crippen MR) is 136 cm³/mol. The monoisotopic (exact) mass is 777 g/mol. The first-order chi connectivity index (χ1) is 14.5. The van der Waals surface area contributed by atoms with Gasteiger partial charge in [0.05, 0.1) is 49.4 Å². The fourth-order valence-corrected chi connectivity index (χ4v) is 6.54. The van der Waals surface area contributed by atoms with Crippen LogP contribution in [0.3, 0.4) is 0 Å². The van der Waals surface area contributed by atoms with Crippen LogP contribution < -0.4 is 16.0 Å². The van der Waals surface area contributed by atoms with E-state index in [1.807, 2.05) is 45.2 Å². The normalized spacial score (nSPS) is 13.8. The molecule has 0 spiro atoms. The maximum Gasteiger partial charge on any atom is 0.253 e. The molecule has 1 rings (SSSR count). The summed E-state index contributed by atoms with van der Waals surface area (Å²) in [7, 11) is 0. The second-order valence-electron chi connectivity index (χ2n) is 6.33. The highest BCUT2D eigenvalue weighted by Crippen LogP contribution is 2.36. The van der Waals surface area contributed by atoms with Gasteiger partial charge < -0.3 is 41.5 Å². The van der Waals surface area contributed by atoms with E-state index in [2.05, 4.69) is 16.0 Å². The molecule has 8 N–H and O–H groups in total. The summed E-state index contributed by atoms with van der Waals surface area (Å²) >= 11 is 5.45. The van der Waals surface area contributed by atoms with Crippen LogP contribution in [0.25, 0.3) is 0 Å². The summed E-state index contributed by atoms with van der Waals surface area (Å²) in [6.07, 6.45) is -3.71. The molecule has 0 aliphatic heterocycles. The Balaban J connectivity index is 3.52. The summed E-state index contributed by atoms with van der Waals surface area (Å²) in [4.78, 5) is 37.7. The van der Waals surface area contributed by atoms with Crippen LogP contribution in [-0.2, 0) is 4.79 Å². The molecule has 0 heterocycles. The topological polar surface area (TPSA) is 188 Å². The number of carbonyl (C=O) groups excluding carboxylic acids is 3. The third-order valence-corrected chi connectivity index (χ3v) is 7.05. The molecule has 0 radical (unpaired) electrons. The lowest BCUT2D eigenvalue weighted by Crippen LogP contribution is -2.37. The molecule has 3 unspecified atom stereocenters. The Morgan fingerprint density at radius 2 is 1.19 bits per heavy atom. The van der Waals surface area contributed by atoms with E-state index < -0.39 is 49.2 Å². The third kappa shape index (κ3) is 7.86. The van der Waals surface area contributed by atoms with Gasteiger partial charge in [0.25, 0.3) is 17.7 Å². The molecular weight excluding hydrogens is 755 g/mol. The second-order valence-corrected chi connectivity index (χ2v) is 9.56. The number of benzene rings is 1. The first-order valence-electron chi connectivity index (χ1n) is 8.79. The number of anilines is 1. The highest BCUT2D eigenvalue weighted by Gasteiger charge is 2.29. The standard InChI is InChI=1S/C17H22I3N3O8/c1-6(26)15(29)23-14-12(19)9(16(30)21-2-7(27)4-24)11(18)10(13(14)20)17(31)22-3-8(28)5-25/h6-8,24-28H,2-5H2,1H3,(H,21,30)(H,22,31)(H,23,29). The lowest BCUT2D eigenvalue weighted by atomic mass is 10.1. The fourth-order valence-electron chi connectivity index (χ4n) is 2.13. The van der Waals surface area contributed by atoms with Crippen LogP contribution in [0.4, 0.5) is 5.69 Å².